The standard InChI is InChI=1S/C11H14O3S/c1-3-11(12)9(2)15(13,14)10-7-5-4-6-8-10/h3-9,12H,1-2H3/b11-3-. The third-order valence-corrected chi connectivity index (χ3v) is 4.35. The maximum absolute atomic E-state index is 11.9. The van der Waals surface area contributed by atoms with Gasteiger partial charge < -0.3 is 5.11 Å². The Morgan fingerprint density at radius 1 is 1.33 bits per heavy atom. The first-order valence-electron chi connectivity index (χ1n) is 4.64. The molecule has 1 unspecified atom stereocenters. The molecular formula is C11H14O3S. The third-order valence-electron chi connectivity index (χ3n) is 2.25. The molecular weight excluding hydrogens is 212 g/mol. The first kappa shape index (κ1) is 11.8. The number of hydrogen-bond donors (Lipinski definition) is 1. The van der Waals surface area contributed by atoms with Gasteiger partial charge in [-0.05, 0) is 32.1 Å². The van der Waals surface area contributed by atoms with Crippen LogP contribution < -0.4 is 0 Å². The third kappa shape index (κ3) is 2.39. The quantitative estimate of drug-likeness (QED) is 0.805. The second kappa shape index (κ2) is 4.49. The molecule has 1 atom stereocenters. The zero-order valence-electron chi connectivity index (χ0n) is 8.71. The van der Waals surface area contributed by atoms with E-state index in [1.165, 1.54) is 25.1 Å². The zero-order valence-corrected chi connectivity index (χ0v) is 9.53. The molecule has 0 fully saturated rings. The molecule has 15 heavy (non-hydrogen) atoms. The molecule has 1 aromatic rings. The van der Waals surface area contributed by atoms with Crippen LogP contribution in [0.3, 0.4) is 0 Å². The van der Waals surface area contributed by atoms with Crippen molar-refractivity contribution >= 4 is 9.84 Å². The van der Waals surface area contributed by atoms with Crippen molar-refractivity contribution in [2.75, 3.05) is 0 Å². The smallest absolute Gasteiger partial charge is 0.188 e. The van der Waals surface area contributed by atoms with Gasteiger partial charge in [-0.3, -0.25) is 0 Å². The SMILES string of the molecule is C/C=C(\O)C(C)S(=O)(=O)c1ccccc1. The van der Waals surface area contributed by atoms with E-state index in [0.29, 0.717) is 0 Å². The molecule has 1 rings (SSSR count). The fraction of sp³-hybridized carbons (Fsp3) is 0.273. The largest absolute Gasteiger partial charge is 0.511 e. The van der Waals surface area contributed by atoms with Crippen LogP contribution in [-0.2, 0) is 9.84 Å². The van der Waals surface area contributed by atoms with Crippen LogP contribution in [0.25, 0.3) is 0 Å². The van der Waals surface area contributed by atoms with E-state index in [9.17, 15) is 13.5 Å². The normalized spacial score (nSPS) is 14.9. The van der Waals surface area contributed by atoms with Crippen molar-refractivity contribution in [2.45, 2.75) is 24.0 Å². The molecule has 0 saturated carbocycles. The summed E-state index contributed by atoms with van der Waals surface area (Å²) < 4.78 is 23.9. The van der Waals surface area contributed by atoms with Gasteiger partial charge >= 0.3 is 0 Å². The number of sulfone groups is 1. The van der Waals surface area contributed by atoms with Gasteiger partial charge in [-0.25, -0.2) is 8.42 Å². The van der Waals surface area contributed by atoms with Gasteiger partial charge in [-0.2, -0.15) is 0 Å². The van der Waals surface area contributed by atoms with Crippen molar-refractivity contribution in [3.8, 4) is 0 Å². The molecule has 0 aliphatic rings. The molecule has 0 aliphatic heterocycles. The van der Waals surface area contributed by atoms with Crippen molar-refractivity contribution in [3.05, 3.63) is 42.2 Å². The average Bonchev–Trinajstić information content (AvgIpc) is 2.28. The topological polar surface area (TPSA) is 54.4 Å². The van der Waals surface area contributed by atoms with E-state index in [4.69, 9.17) is 0 Å². The van der Waals surface area contributed by atoms with E-state index in [1.54, 1.807) is 25.1 Å². The highest BCUT2D eigenvalue weighted by atomic mass is 32.2. The molecule has 82 valence electrons. The molecule has 0 bridgehead atoms. The van der Waals surface area contributed by atoms with Crippen LogP contribution in [0.2, 0.25) is 0 Å². The summed E-state index contributed by atoms with van der Waals surface area (Å²) in [6.45, 7) is 3.07. The van der Waals surface area contributed by atoms with E-state index in [1.807, 2.05) is 0 Å². The Labute approximate surface area is 90.0 Å². The fourth-order valence-electron chi connectivity index (χ4n) is 1.21. The first-order valence-corrected chi connectivity index (χ1v) is 6.19. The second-order valence-electron chi connectivity index (χ2n) is 3.21. The van der Waals surface area contributed by atoms with Crippen LogP contribution in [0.1, 0.15) is 13.8 Å². The van der Waals surface area contributed by atoms with Crippen molar-refractivity contribution in [1.29, 1.82) is 0 Å². The minimum absolute atomic E-state index is 0.126. The van der Waals surface area contributed by atoms with E-state index in [0.717, 1.165) is 0 Å². The van der Waals surface area contributed by atoms with Gasteiger partial charge in [-0.15, -0.1) is 0 Å². The minimum atomic E-state index is -3.47. The average molecular weight is 226 g/mol. The molecule has 0 radical (unpaired) electrons. The van der Waals surface area contributed by atoms with Gasteiger partial charge in [0, 0.05) is 0 Å². The van der Waals surface area contributed by atoms with Crippen molar-refractivity contribution in [1.82, 2.24) is 0 Å². The molecule has 0 heterocycles. The van der Waals surface area contributed by atoms with Crippen LogP contribution in [0.5, 0.6) is 0 Å². The molecule has 3 nitrogen and oxygen atoms in total. The van der Waals surface area contributed by atoms with Crippen LogP contribution >= 0.6 is 0 Å². The Balaban J connectivity index is 3.15. The molecule has 0 amide bonds. The summed E-state index contributed by atoms with van der Waals surface area (Å²) in [4.78, 5) is 0.228. The van der Waals surface area contributed by atoms with Crippen molar-refractivity contribution in [2.24, 2.45) is 0 Å². The highest BCUT2D eigenvalue weighted by molar-refractivity contribution is 7.92. The molecule has 4 heteroatoms. The molecule has 0 aromatic heterocycles. The number of hydrogen-bond acceptors (Lipinski definition) is 3. The number of rotatable bonds is 3. The van der Waals surface area contributed by atoms with E-state index < -0.39 is 15.1 Å². The second-order valence-corrected chi connectivity index (χ2v) is 5.48. The van der Waals surface area contributed by atoms with E-state index >= 15 is 0 Å². The molecule has 0 spiro atoms. The summed E-state index contributed by atoms with van der Waals surface area (Å²) >= 11 is 0. The summed E-state index contributed by atoms with van der Waals surface area (Å²) in [6.07, 6.45) is 1.39. The maximum Gasteiger partial charge on any atom is 0.188 e. The molecule has 1 aromatic carbocycles. The minimum Gasteiger partial charge on any atom is -0.511 e. The predicted octanol–water partition coefficient (Wildman–Crippen LogP) is 2.31. The van der Waals surface area contributed by atoms with Crippen molar-refractivity contribution in [3.63, 3.8) is 0 Å². The number of benzene rings is 1. The Morgan fingerprint density at radius 3 is 2.33 bits per heavy atom. The van der Waals surface area contributed by atoms with Gasteiger partial charge in [-0.1, -0.05) is 18.2 Å². The summed E-state index contributed by atoms with van der Waals surface area (Å²) in [5.41, 5.74) is 0. The summed E-state index contributed by atoms with van der Waals surface area (Å²) in [5.74, 6) is -0.126. The Hall–Kier alpha value is -1.29. The first-order chi connectivity index (χ1) is 7.00. The number of aliphatic hydroxyl groups is 1. The van der Waals surface area contributed by atoms with E-state index in [-0.39, 0.29) is 10.7 Å². The van der Waals surface area contributed by atoms with Crippen LogP contribution in [-0.4, -0.2) is 18.8 Å². The summed E-state index contributed by atoms with van der Waals surface area (Å²) in [5, 5.41) is 8.51. The monoisotopic (exact) mass is 226 g/mol. The van der Waals surface area contributed by atoms with Crippen LogP contribution in [0.4, 0.5) is 0 Å². The lowest BCUT2D eigenvalue weighted by Crippen LogP contribution is -2.20. The summed E-state index contributed by atoms with van der Waals surface area (Å²) in [6, 6.07) is 8.11. The predicted molar refractivity (Wildman–Crippen MR) is 59.5 cm³/mol. The summed E-state index contributed by atoms with van der Waals surface area (Å²) in [7, 11) is -3.47. The molecule has 0 saturated heterocycles. The number of aliphatic hydroxyl groups excluding tert-OH is 1. The van der Waals surface area contributed by atoms with Gasteiger partial charge in [0.05, 0.1) is 4.90 Å². The maximum atomic E-state index is 11.9. The zero-order chi connectivity index (χ0) is 11.5. The van der Waals surface area contributed by atoms with Gasteiger partial charge in [0.1, 0.15) is 11.0 Å². The highest BCUT2D eigenvalue weighted by Crippen LogP contribution is 2.19. The Kier molecular flexibility index (Phi) is 3.52. The highest BCUT2D eigenvalue weighted by Gasteiger charge is 2.25. The molecule has 0 aliphatic carbocycles. The van der Waals surface area contributed by atoms with Crippen molar-refractivity contribution < 1.29 is 13.5 Å². The van der Waals surface area contributed by atoms with E-state index in [2.05, 4.69) is 0 Å². The molecule has 1 N–H and O–H groups in total. The lowest BCUT2D eigenvalue weighted by molar-refractivity contribution is 0.392. The van der Waals surface area contributed by atoms with Gasteiger partial charge in [0.15, 0.2) is 9.84 Å². The van der Waals surface area contributed by atoms with Crippen LogP contribution in [0, 0.1) is 0 Å². The Morgan fingerprint density at radius 2 is 1.87 bits per heavy atom. The Bertz CT molecular complexity index is 446. The number of allylic oxidation sites excluding steroid dienone is 1. The lowest BCUT2D eigenvalue weighted by atomic mass is 10.4. The lowest BCUT2D eigenvalue weighted by Gasteiger charge is -2.11. The fourth-order valence-corrected chi connectivity index (χ4v) is 2.61. The van der Waals surface area contributed by atoms with Gasteiger partial charge in [0.2, 0.25) is 0 Å². The van der Waals surface area contributed by atoms with Gasteiger partial charge in [0.25, 0.3) is 0 Å². The van der Waals surface area contributed by atoms with Crippen LogP contribution in [0.15, 0.2) is 47.1 Å².